The minimum absolute atomic E-state index is 0.00502. The SMILES string of the molecule is CO/N=C1\CCN([C@@H]2O[C@H](COP(=O)(O)OP(=O)(O)OP(=O)(O)O)[C@@H](O)[C@H]2O)C(=O)N1. The van der Waals surface area contributed by atoms with Crippen molar-refractivity contribution in [3.05, 3.63) is 0 Å². The molecule has 0 radical (unpaired) electrons. The molecule has 2 saturated heterocycles. The Morgan fingerprint density at radius 2 is 1.77 bits per heavy atom. The van der Waals surface area contributed by atoms with Crippen molar-refractivity contribution in [2.45, 2.75) is 31.0 Å². The molecule has 2 rings (SSSR count). The second-order valence-corrected chi connectivity index (χ2v) is 10.4. The van der Waals surface area contributed by atoms with Gasteiger partial charge in [-0.2, -0.15) is 8.62 Å². The fourth-order valence-electron chi connectivity index (χ4n) is 2.60. The van der Waals surface area contributed by atoms with E-state index in [1.807, 2.05) is 0 Å². The Labute approximate surface area is 173 Å². The first kappa shape index (κ1) is 26.3. The Kier molecular flexibility index (Phi) is 8.38. The summed E-state index contributed by atoms with van der Waals surface area (Å²) in [5.41, 5.74) is 0. The summed E-state index contributed by atoms with van der Waals surface area (Å²) in [6, 6.07) is -0.744. The normalized spacial score (nSPS) is 32.4. The summed E-state index contributed by atoms with van der Waals surface area (Å²) >= 11 is 0. The molecule has 2 aliphatic rings. The Morgan fingerprint density at radius 1 is 1.13 bits per heavy atom. The van der Waals surface area contributed by atoms with E-state index >= 15 is 0 Å². The third-order valence-electron chi connectivity index (χ3n) is 3.77. The summed E-state index contributed by atoms with van der Waals surface area (Å²) in [5, 5.41) is 26.1. The number of amides is 2. The van der Waals surface area contributed by atoms with Gasteiger partial charge in [-0.15, -0.1) is 0 Å². The monoisotopic (exact) mass is 515 g/mol. The third-order valence-corrected chi connectivity index (χ3v) is 7.57. The second-order valence-electron chi connectivity index (χ2n) is 6.03. The number of phosphoric acid groups is 3. The van der Waals surface area contributed by atoms with Gasteiger partial charge in [0.1, 0.15) is 25.4 Å². The Morgan fingerprint density at radius 3 is 2.32 bits per heavy atom. The lowest BCUT2D eigenvalue weighted by molar-refractivity contribution is -0.0786. The summed E-state index contributed by atoms with van der Waals surface area (Å²) in [6.07, 6.45) is -6.10. The number of hydrogen-bond donors (Lipinski definition) is 7. The van der Waals surface area contributed by atoms with Crippen LogP contribution >= 0.6 is 23.5 Å². The number of ether oxygens (including phenoxy) is 1. The Balaban J connectivity index is 1.97. The fourth-order valence-corrected chi connectivity index (χ4v) is 5.63. The molecule has 0 spiro atoms. The average molecular weight is 515 g/mol. The van der Waals surface area contributed by atoms with E-state index in [9.17, 15) is 33.6 Å². The summed E-state index contributed by atoms with van der Waals surface area (Å²) in [4.78, 5) is 53.2. The first-order valence-corrected chi connectivity index (χ1v) is 12.6. The quantitative estimate of drug-likeness (QED) is 0.131. The van der Waals surface area contributed by atoms with Crippen molar-refractivity contribution < 1.29 is 71.0 Å². The van der Waals surface area contributed by atoms with Crippen LogP contribution in [0.1, 0.15) is 6.42 Å². The number of carbonyl (C=O) groups is 1. The largest absolute Gasteiger partial charge is 0.490 e. The lowest BCUT2D eigenvalue weighted by Gasteiger charge is -2.33. The van der Waals surface area contributed by atoms with Crippen LogP contribution in [0.15, 0.2) is 5.16 Å². The summed E-state index contributed by atoms with van der Waals surface area (Å²) in [7, 11) is -15.5. The van der Waals surface area contributed by atoms with Crippen molar-refractivity contribution in [1.82, 2.24) is 10.2 Å². The molecule has 0 aromatic heterocycles. The summed E-state index contributed by atoms with van der Waals surface area (Å²) in [5.74, 6) is 0.209. The van der Waals surface area contributed by atoms with Gasteiger partial charge in [-0.05, 0) is 0 Å². The highest BCUT2D eigenvalue weighted by Crippen LogP contribution is 2.66. The van der Waals surface area contributed by atoms with Crippen molar-refractivity contribution in [3.63, 3.8) is 0 Å². The molecule has 6 atom stereocenters. The van der Waals surface area contributed by atoms with Crippen LogP contribution in [-0.4, -0.2) is 91.4 Å². The fraction of sp³-hybridized carbons (Fsp3) is 0.800. The van der Waals surface area contributed by atoms with Gasteiger partial charge in [-0.25, -0.2) is 18.5 Å². The molecule has 18 nitrogen and oxygen atoms in total. The highest BCUT2D eigenvalue weighted by atomic mass is 31.3. The topological polar surface area (TPSA) is 263 Å². The molecule has 0 saturated carbocycles. The molecular formula is C10H20N3O15P3. The van der Waals surface area contributed by atoms with Crippen LogP contribution < -0.4 is 5.32 Å². The first-order valence-electron chi connectivity index (χ1n) is 8.12. The number of amidine groups is 1. The van der Waals surface area contributed by atoms with Gasteiger partial charge < -0.3 is 39.4 Å². The van der Waals surface area contributed by atoms with E-state index in [0.29, 0.717) is 0 Å². The predicted molar refractivity (Wildman–Crippen MR) is 94.8 cm³/mol. The van der Waals surface area contributed by atoms with Crippen molar-refractivity contribution in [2.24, 2.45) is 5.16 Å². The number of carbonyl (C=O) groups excluding carboxylic acids is 1. The van der Waals surface area contributed by atoms with Crippen LogP contribution in [0.4, 0.5) is 4.79 Å². The highest BCUT2D eigenvalue weighted by Gasteiger charge is 2.49. The lowest BCUT2D eigenvalue weighted by atomic mass is 10.1. The van der Waals surface area contributed by atoms with Gasteiger partial charge in [-0.3, -0.25) is 14.7 Å². The van der Waals surface area contributed by atoms with Crippen LogP contribution in [0.5, 0.6) is 0 Å². The molecule has 180 valence electrons. The molecule has 0 aromatic carbocycles. The van der Waals surface area contributed by atoms with Crippen LogP contribution in [0.3, 0.4) is 0 Å². The molecule has 2 amide bonds. The lowest BCUT2D eigenvalue weighted by Crippen LogP contribution is -2.56. The van der Waals surface area contributed by atoms with E-state index in [0.717, 1.165) is 4.90 Å². The number of rotatable bonds is 9. The number of nitrogens with zero attached hydrogens (tertiary/aromatic N) is 2. The van der Waals surface area contributed by atoms with Gasteiger partial charge in [0, 0.05) is 13.0 Å². The van der Waals surface area contributed by atoms with Crippen LogP contribution in [-0.2, 0) is 36.4 Å². The molecule has 21 heteroatoms. The van der Waals surface area contributed by atoms with Gasteiger partial charge in [0.05, 0.1) is 6.61 Å². The third kappa shape index (κ3) is 7.54. The van der Waals surface area contributed by atoms with Gasteiger partial charge in [0.25, 0.3) is 0 Å². The van der Waals surface area contributed by atoms with Gasteiger partial charge in [-0.1, -0.05) is 5.16 Å². The molecule has 0 aromatic rings. The van der Waals surface area contributed by atoms with Gasteiger partial charge in [0.15, 0.2) is 12.1 Å². The molecule has 31 heavy (non-hydrogen) atoms. The highest BCUT2D eigenvalue weighted by molar-refractivity contribution is 7.66. The molecule has 0 bridgehead atoms. The zero-order valence-electron chi connectivity index (χ0n) is 15.5. The van der Waals surface area contributed by atoms with E-state index in [1.54, 1.807) is 0 Å². The minimum atomic E-state index is -5.71. The maximum atomic E-state index is 12.1. The minimum Gasteiger partial charge on any atom is -0.398 e. The molecule has 0 aliphatic carbocycles. The van der Waals surface area contributed by atoms with E-state index in [2.05, 4.69) is 28.5 Å². The number of aliphatic hydroxyl groups is 2. The van der Waals surface area contributed by atoms with Gasteiger partial charge in [0.2, 0.25) is 0 Å². The number of oxime groups is 1. The van der Waals surface area contributed by atoms with Crippen LogP contribution in [0.25, 0.3) is 0 Å². The number of hydrogen-bond acceptors (Lipinski definition) is 12. The van der Waals surface area contributed by atoms with Crippen LogP contribution in [0.2, 0.25) is 0 Å². The number of aliphatic hydroxyl groups excluding tert-OH is 2. The maximum absolute atomic E-state index is 12.1. The van der Waals surface area contributed by atoms with Gasteiger partial charge >= 0.3 is 29.5 Å². The molecule has 7 N–H and O–H groups in total. The Hall–Kier alpha value is -0.970. The summed E-state index contributed by atoms with van der Waals surface area (Å²) < 4.78 is 50.4. The molecule has 2 heterocycles. The Bertz CT molecular complexity index is 846. The van der Waals surface area contributed by atoms with E-state index in [4.69, 9.17) is 19.4 Å². The van der Waals surface area contributed by atoms with Crippen molar-refractivity contribution in [1.29, 1.82) is 0 Å². The number of phosphoric ester groups is 1. The zero-order valence-corrected chi connectivity index (χ0v) is 18.2. The molecule has 2 aliphatic heterocycles. The zero-order chi connectivity index (χ0) is 23.6. The average Bonchev–Trinajstić information content (AvgIpc) is 2.86. The second kappa shape index (κ2) is 9.89. The van der Waals surface area contributed by atoms with Crippen molar-refractivity contribution >= 4 is 35.3 Å². The van der Waals surface area contributed by atoms with E-state index < -0.39 is 60.6 Å². The molecule has 2 fully saturated rings. The van der Waals surface area contributed by atoms with E-state index in [-0.39, 0.29) is 18.8 Å². The van der Waals surface area contributed by atoms with E-state index in [1.165, 1.54) is 7.11 Å². The number of nitrogens with one attached hydrogen (secondary N) is 1. The van der Waals surface area contributed by atoms with Crippen molar-refractivity contribution in [2.75, 3.05) is 20.3 Å². The van der Waals surface area contributed by atoms with Crippen LogP contribution in [0, 0.1) is 0 Å². The molecular weight excluding hydrogens is 495 g/mol. The standard InChI is InChI=1S/C10H20N3O15P3/c1-24-12-6-2-3-13(10(16)11-6)9-8(15)7(14)5(26-9)4-25-30(20,21)28-31(22,23)27-29(17,18)19/h5,7-9,14-15H,2-4H2,1H3,(H,20,21)(H,22,23)(H,11,12,16)(H2,17,18,19)/t5-,7-,8-,9-/m1/s1. The molecule has 2 unspecified atom stereocenters. The first-order chi connectivity index (χ1) is 14.1. The maximum Gasteiger partial charge on any atom is 0.490 e. The predicted octanol–water partition coefficient (Wildman–Crippen LogP) is -1.85. The van der Waals surface area contributed by atoms with Crippen molar-refractivity contribution in [3.8, 4) is 0 Å². The summed E-state index contributed by atoms with van der Waals surface area (Å²) in [6.45, 7) is -0.991. The smallest absolute Gasteiger partial charge is 0.398 e. The number of urea groups is 1.